The molecule has 0 bridgehead atoms. The second kappa shape index (κ2) is 4.86. The minimum absolute atomic E-state index is 0.505. The van der Waals surface area contributed by atoms with E-state index in [1.54, 1.807) is 5.57 Å². The third-order valence-corrected chi connectivity index (χ3v) is 6.77. The van der Waals surface area contributed by atoms with E-state index in [-0.39, 0.29) is 0 Å². The van der Waals surface area contributed by atoms with E-state index in [0.717, 1.165) is 11.8 Å². The summed E-state index contributed by atoms with van der Waals surface area (Å²) >= 11 is 2.57. The summed E-state index contributed by atoms with van der Waals surface area (Å²) in [6.07, 6.45) is 9.49. The topological polar surface area (TPSA) is 0 Å². The van der Waals surface area contributed by atoms with Crippen molar-refractivity contribution in [3.8, 4) is 0 Å². The van der Waals surface area contributed by atoms with E-state index >= 15 is 0 Å². The summed E-state index contributed by atoms with van der Waals surface area (Å²) in [5.74, 6) is 1.82. The van der Waals surface area contributed by atoms with Crippen LogP contribution in [-0.4, -0.2) is 4.43 Å². The second-order valence-electron chi connectivity index (χ2n) is 6.82. The molecule has 0 aromatic carbocycles. The normalized spacial score (nSPS) is 46.3. The molecule has 0 N–H and O–H groups in total. The maximum Gasteiger partial charge on any atom is 0.0000663 e. The van der Waals surface area contributed by atoms with Crippen LogP contribution in [0.15, 0.2) is 11.6 Å². The lowest BCUT2D eigenvalue weighted by Gasteiger charge is -2.58. The molecule has 0 heterocycles. The largest absolute Gasteiger partial charge is 0.0864 e. The Morgan fingerprint density at radius 2 is 2.06 bits per heavy atom. The number of hydrogen-bond acceptors (Lipinski definition) is 0. The van der Waals surface area contributed by atoms with Crippen LogP contribution in [-0.2, 0) is 0 Å². The van der Waals surface area contributed by atoms with Gasteiger partial charge >= 0.3 is 0 Å². The number of alkyl halides is 1. The molecule has 0 amide bonds. The maximum atomic E-state index is 2.58. The van der Waals surface area contributed by atoms with Gasteiger partial charge in [-0.15, -0.1) is 0 Å². The molecule has 98 valence electrons. The summed E-state index contributed by atoms with van der Waals surface area (Å²) < 4.78 is 1.31. The van der Waals surface area contributed by atoms with Crippen molar-refractivity contribution >= 4 is 22.6 Å². The summed E-state index contributed by atoms with van der Waals surface area (Å²) in [5, 5.41) is 0. The first-order chi connectivity index (χ1) is 7.95. The van der Waals surface area contributed by atoms with Crippen molar-refractivity contribution in [3.63, 3.8) is 0 Å². The molecular weight excluding hydrogens is 319 g/mol. The van der Waals surface area contributed by atoms with Gasteiger partial charge in [-0.25, -0.2) is 0 Å². The van der Waals surface area contributed by atoms with Crippen LogP contribution in [0.5, 0.6) is 0 Å². The third kappa shape index (κ3) is 2.11. The molecular formula is C16H27I. The quantitative estimate of drug-likeness (QED) is 0.346. The van der Waals surface area contributed by atoms with Gasteiger partial charge in [-0.2, -0.15) is 0 Å². The van der Waals surface area contributed by atoms with Crippen LogP contribution < -0.4 is 0 Å². The highest BCUT2D eigenvalue weighted by Gasteiger charge is 2.52. The third-order valence-electron chi connectivity index (χ3n) is 6.23. The van der Waals surface area contributed by atoms with Gasteiger partial charge in [-0.1, -0.05) is 55.0 Å². The molecule has 4 atom stereocenters. The Bertz CT molecular complexity index is 319. The van der Waals surface area contributed by atoms with Crippen LogP contribution in [0, 0.1) is 22.7 Å². The Hall–Kier alpha value is 0.470. The zero-order valence-electron chi connectivity index (χ0n) is 11.9. The molecule has 0 nitrogen and oxygen atoms in total. The Labute approximate surface area is 121 Å². The van der Waals surface area contributed by atoms with Gasteiger partial charge in [0.05, 0.1) is 0 Å². The lowest BCUT2D eigenvalue weighted by molar-refractivity contribution is -0.0424. The smallest absolute Gasteiger partial charge is 0.0000663 e. The molecule has 1 fully saturated rings. The van der Waals surface area contributed by atoms with Crippen molar-refractivity contribution in [2.45, 2.75) is 59.8 Å². The molecule has 2 aliphatic carbocycles. The van der Waals surface area contributed by atoms with Gasteiger partial charge in [-0.05, 0) is 61.7 Å². The molecule has 17 heavy (non-hydrogen) atoms. The monoisotopic (exact) mass is 346 g/mol. The molecule has 0 aromatic rings. The molecule has 0 radical (unpaired) electrons. The van der Waals surface area contributed by atoms with Gasteiger partial charge in [-0.3, -0.25) is 0 Å². The number of rotatable bonds is 2. The molecule has 2 rings (SSSR count). The van der Waals surface area contributed by atoms with E-state index in [1.165, 1.54) is 36.5 Å². The SMILES string of the molecule is CC1=CCC[C@@H]2[C@@](C)(CCI)[C@H](C)CC[C@@]12C. The van der Waals surface area contributed by atoms with Crippen LogP contribution in [0.25, 0.3) is 0 Å². The van der Waals surface area contributed by atoms with E-state index < -0.39 is 0 Å². The number of allylic oxidation sites excluding steroid dienone is 2. The van der Waals surface area contributed by atoms with E-state index in [9.17, 15) is 0 Å². The van der Waals surface area contributed by atoms with Gasteiger partial charge < -0.3 is 0 Å². The number of halogens is 1. The van der Waals surface area contributed by atoms with E-state index in [1.807, 2.05) is 0 Å². The summed E-state index contributed by atoms with van der Waals surface area (Å²) in [6, 6.07) is 0. The first-order valence-electron chi connectivity index (χ1n) is 7.18. The average molecular weight is 346 g/mol. The molecule has 1 heteroatoms. The fourth-order valence-corrected chi connectivity index (χ4v) is 5.70. The number of hydrogen-bond donors (Lipinski definition) is 0. The summed E-state index contributed by atoms with van der Waals surface area (Å²) in [4.78, 5) is 0. The van der Waals surface area contributed by atoms with Crippen LogP contribution in [0.3, 0.4) is 0 Å². The van der Waals surface area contributed by atoms with Crippen molar-refractivity contribution in [1.29, 1.82) is 0 Å². The standard InChI is InChI=1S/C16H27I/c1-12-6-5-7-14-15(12,3)9-8-13(2)16(14,4)10-11-17/h6,13-14H,5,7-11H2,1-4H3/t13-,14+,15+,16+/m1/s1. The van der Waals surface area contributed by atoms with E-state index in [2.05, 4.69) is 56.4 Å². The fourth-order valence-electron chi connectivity index (χ4n) is 4.54. The fraction of sp³-hybridized carbons (Fsp3) is 0.875. The zero-order valence-corrected chi connectivity index (χ0v) is 14.0. The number of fused-ring (bicyclic) bond motifs is 1. The van der Waals surface area contributed by atoms with Crippen molar-refractivity contribution < 1.29 is 0 Å². The molecule has 0 aliphatic heterocycles. The Morgan fingerprint density at radius 3 is 2.71 bits per heavy atom. The van der Waals surface area contributed by atoms with Crippen molar-refractivity contribution in [2.24, 2.45) is 22.7 Å². The van der Waals surface area contributed by atoms with E-state index in [4.69, 9.17) is 0 Å². The maximum absolute atomic E-state index is 2.58. The first-order valence-corrected chi connectivity index (χ1v) is 8.71. The minimum atomic E-state index is 0.505. The predicted molar refractivity (Wildman–Crippen MR) is 84.6 cm³/mol. The van der Waals surface area contributed by atoms with Gasteiger partial charge in [0.2, 0.25) is 0 Å². The lowest BCUT2D eigenvalue weighted by Crippen LogP contribution is -2.49. The van der Waals surface area contributed by atoms with Crippen molar-refractivity contribution in [3.05, 3.63) is 11.6 Å². The Balaban J connectivity index is 2.37. The first kappa shape index (κ1) is 13.9. The van der Waals surface area contributed by atoms with Gasteiger partial charge in [0, 0.05) is 4.43 Å². The molecule has 0 unspecified atom stereocenters. The van der Waals surface area contributed by atoms with Crippen molar-refractivity contribution in [1.82, 2.24) is 0 Å². The second-order valence-corrected chi connectivity index (χ2v) is 7.90. The molecule has 2 aliphatic rings. The van der Waals surface area contributed by atoms with Crippen LogP contribution in [0.4, 0.5) is 0 Å². The summed E-state index contributed by atoms with van der Waals surface area (Å²) in [6.45, 7) is 10.0. The predicted octanol–water partition coefficient (Wildman–Crippen LogP) is 5.61. The minimum Gasteiger partial charge on any atom is -0.0864 e. The van der Waals surface area contributed by atoms with Gasteiger partial charge in [0.15, 0.2) is 0 Å². The summed E-state index contributed by atoms with van der Waals surface area (Å²) in [7, 11) is 0. The van der Waals surface area contributed by atoms with Gasteiger partial charge in [0.25, 0.3) is 0 Å². The van der Waals surface area contributed by atoms with E-state index in [0.29, 0.717) is 10.8 Å². The van der Waals surface area contributed by atoms with Crippen LogP contribution >= 0.6 is 22.6 Å². The Kier molecular flexibility index (Phi) is 3.97. The zero-order chi connectivity index (χ0) is 12.7. The summed E-state index contributed by atoms with van der Waals surface area (Å²) in [5.41, 5.74) is 2.76. The van der Waals surface area contributed by atoms with Crippen molar-refractivity contribution in [2.75, 3.05) is 4.43 Å². The average Bonchev–Trinajstić information content (AvgIpc) is 2.28. The lowest BCUT2D eigenvalue weighted by atomic mass is 9.47. The highest BCUT2D eigenvalue weighted by Crippen LogP contribution is 2.61. The molecule has 0 spiro atoms. The van der Waals surface area contributed by atoms with Gasteiger partial charge in [0.1, 0.15) is 0 Å². The Morgan fingerprint density at radius 1 is 1.35 bits per heavy atom. The molecule has 1 saturated carbocycles. The van der Waals surface area contributed by atoms with Crippen LogP contribution in [0.1, 0.15) is 59.8 Å². The highest BCUT2D eigenvalue weighted by molar-refractivity contribution is 14.1. The molecule has 0 saturated heterocycles. The molecule has 0 aromatic heterocycles. The van der Waals surface area contributed by atoms with Crippen LogP contribution in [0.2, 0.25) is 0 Å². The highest BCUT2D eigenvalue weighted by atomic mass is 127.